The molecule has 1 aromatic heterocycles. The Morgan fingerprint density at radius 1 is 1.50 bits per heavy atom. The summed E-state index contributed by atoms with van der Waals surface area (Å²) in [5, 5.41) is 16.0. The largest absolute Gasteiger partial charge is 0.217 e. The molecule has 1 saturated carbocycles. The molecule has 86 valence electrons. The number of hydrogen-bond acceptors (Lipinski definition) is 5. The Morgan fingerprint density at radius 3 is 3.06 bits per heavy atom. The summed E-state index contributed by atoms with van der Waals surface area (Å²) in [5.74, 6) is 0.719. The van der Waals surface area contributed by atoms with E-state index in [1.54, 1.807) is 11.8 Å². The third-order valence-corrected chi connectivity index (χ3v) is 3.53. The first-order valence-corrected chi connectivity index (χ1v) is 6.32. The van der Waals surface area contributed by atoms with Crippen molar-refractivity contribution in [1.29, 1.82) is 0 Å². The molecule has 0 aliphatic heterocycles. The highest BCUT2D eigenvalue weighted by Crippen LogP contribution is 2.31. The van der Waals surface area contributed by atoms with Crippen LogP contribution in [0.5, 0.6) is 0 Å². The predicted molar refractivity (Wildman–Crippen MR) is 60.1 cm³/mol. The predicted octanol–water partition coefficient (Wildman–Crippen LogP) is 2.19. The summed E-state index contributed by atoms with van der Waals surface area (Å²) in [6.07, 6.45) is 4.84. The lowest BCUT2D eigenvalue weighted by molar-refractivity contribution is 0.423. The minimum Gasteiger partial charge on any atom is -0.217 e. The number of azide groups is 1. The Bertz CT molecular complexity index is 377. The molecule has 0 radical (unpaired) electrons. The topological polar surface area (TPSA) is 92.4 Å². The summed E-state index contributed by atoms with van der Waals surface area (Å²) in [7, 11) is 0. The molecule has 8 heteroatoms. The van der Waals surface area contributed by atoms with Crippen molar-refractivity contribution in [3.63, 3.8) is 0 Å². The Labute approximate surface area is 97.2 Å². The van der Waals surface area contributed by atoms with Gasteiger partial charge in [-0.3, -0.25) is 0 Å². The lowest BCUT2D eigenvalue weighted by Gasteiger charge is -2.09. The lowest BCUT2D eigenvalue weighted by Crippen LogP contribution is -2.08. The summed E-state index contributed by atoms with van der Waals surface area (Å²) >= 11 is 1.54. The van der Waals surface area contributed by atoms with E-state index < -0.39 is 0 Å². The van der Waals surface area contributed by atoms with E-state index in [0.29, 0.717) is 12.6 Å². The quantitative estimate of drug-likeness (QED) is 0.259. The van der Waals surface area contributed by atoms with E-state index in [4.69, 9.17) is 5.53 Å². The van der Waals surface area contributed by atoms with E-state index in [9.17, 15) is 0 Å². The Hall–Kier alpha value is -1.27. The zero-order chi connectivity index (χ0) is 11.2. The van der Waals surface area contributed by atoms with Crippen LogP contribution in [-0.4, -0.2) is 32.5 Å². The first-order valence-electron chi connectivity index (χ1n) is 5.33. The highest BCUT2D eigenvalue weighted by molar-refractivity contribution is 7.99. The Kier molecular flexibility index (Phi) is 4.01. The molecule has 1 fully saturated rings. The minimum absolute atomic E-state index is 0.456. The first-order chi connectivity index (χ1) is 7.92. The van der Waals surface area contributed by atoms with Gasteiger partial charge in [-0.15, -0.1) is 5.10 Å². The van der Waals surface area contributed by atoms with Gasteiger partial charge in [0.25, 0.3) is 0 Å². The number of thioether (sulfide) groups is 1. The van der Waals surface area contributed by atoms with Crippen LogP contribution in [0.1, 0.15) is 31.7 Å². The molecule has 0 bridgehead atoms. The zero-order valence-electron chi connectivity index (χ0n) is 8.86. The van der Waals surface area contributed by atoms with Crippen LogP contribution in [0.25, 0.3) is 10.4 Å². The van der Waals surface area contributed by atoms with Gasteiger partial charge < -0.3 is 0 Å². The molecule has 16 heavy (non-hydrogen) atoms. The van der Waals surface area contributed by atoms with Crippen molar-refractivity contribution in [3.05, 3.63) is 10.4 Å². The number of tetrazole rings is 1. The number of aromatic nitrogens is 4. The second-order valence-corrected chi connectivity index (χ2v) is 4.71. The van der Waals surface area contributed by atoms with E-state index >= 15 is 0 Å². The second kappa shape index (κ2) is 5.72. The van der Waals surface area contributed by atoms with Crippen molar-refractivity contribution in [3.8, 4) is 0 Å². The maximum Gasteiger partial charge on any atom is 0.209 e. The van der Waals surface area contributed by atoms with E-state index in [1.807, 2.05) is 4.68 Å². The van der Waals surface area contributed by atoms with Crippen LogP contribution in [0.4, 0.5) is 0 Å². The normalized spacial score (nSPS) is 16.2. The summed E-state index contributed by atoms with van der Waals surface area (Å²) in [6.45, 7) is 0.471. The SMILES string of the molecule is [N-]=[N+]=NCCSc1nnnn1C1CCCC1. The van der Waals surface area contributed by atoms with Crippen LogP contribution in [0, 0.1) is 0 Å². The minimum atomic E-state index is 0.456. The van der Waals surface area contributed by atoms with Crippen LogP contribution in [0.2, 0.25) is 0 Å². The van der Waals surface area contributed by atoms with E-state index in [-0.39, 0.29) is 0 Å². The summed E-state index contributed by atoms with van der Waals surface area (Å²) < 4.78 is 1.91. The molecule has 0 atom stereocenters. The van der Waals surface area contributed by atoms with Crippen molar-refractivity contribution in [2.24, 2.45) is 5.11 Å². The number of hydrogen-bond donors (Lipinski definition) is 0. The van der Waals surface area contributed by atoms with Crippen molar-refractivity contribution < 1.29 is 0 Å². The number of rotatable bonds is 5. The van der Waals surface area contributed by atoms with Crippen LogP contribution in [-0.2, 0) is 0 Å². The molecule has 1 aliphatic rings. The molecule has 0 spiro atoms. The molecule has 2 rings (SSSR count). The van der Waals surface area contributed by atoms with Crippen molar-refractivity contribution in [2.45, 2.75) is 36.9 Å². The monoisotopic (exact) mass is 239 g/mol. The molecular formula is C8H13N7S. The molecule has 0 N–H and O–H groups in total. The smallest absolute Gasteiger partial charge is 0.209 e. The standard InChI is InChI=1S/C8H13N7S/c9-12-10-5-6-16-8-11-13-14-15(8)7-3-1-2-4-7/h7H,1-6H2. The Balaban J connectivity index is 1.93. The lowest BCUT2D eigenvalue weighted by atomic mass is 10.3. The van der Waals surface area contributed by atoms with Gasteiger partial charge in [0.05, 0.1) is 6.04 Å². The molecule has 7 nitrogen and oxygen atoms in total. The van der Waals surface area contributed by atoms with Gasteiger partial charge >= 0.3 is 0 Å². The van der Waals surface area contributed by atoms with E-state index in [2.05, 4.69) is 25.6 Å². The van der Waals surface area contributed by atoms with Crippen LogP contribution < -0.4 is 0 Å². The van der Waals surface area contributed by atoms with Gasteiger partial charge in [0, 0.05) is 17.2 Å². The highest BCUT2D eigenvalue weighted by atomic mass is 32.2. The fraction of sp³-hybridized carbons (Fsp3) is 0.875. The molecule has 0 amide bonds. The summed E-state index contributed by atoms with van der Waals surface area (Å²) in [6, 6.07) is 0.456. The van der Waals surface area contributed by atoms with Gasteiger partial charge in [0.2, 0.25) is 5.16 Å². The maximum atomic E-state index is 8.15. The van der Waals surface area contributed by atoms with E-state index in [0.717, 1.165) is 23.8 Å². The summed E-state index contributed by atoms with van der Waals surface area (Å²) in [4.78, 5) is 2.71. The van der Waals surface area contributed by atoms with Gasteiger partial charge in [-0.25, -0.2) is 4.68 Å². The Morgan fingerprint density at radius 2 is 2.31 bits per heavy atom. The summed E-state index contributed by atoms with van der Waals surface area (Å²) in [5.41, 5.74) is 8.15. The van der Waals surface area contributed by atoms with E-state index in [1.165, 1.54) is 12.8 Å². The van der Waals surface area contributed by atoms with Gasteiger partial charge in [0.15, 0.2) is 0 Å². The molecule has 1 aromatic rings. The fourth-order valence-corrected chi connectivity index (χ4v) is 2.65. The highest BCUT2D eigenvalue weighted by Gasteiger charge is 2.21. The fourth-order valence-electron chi connectivity index (χ4n) is 1.88. The molecule has 0 unspecified atom stereocenters. The second-order valence-electron chi connectivity index (χ2n) is 3.65. The van der Waals surface area contributed by atoms with Crippen molar-refractivity contribution >= 4 is 11.8 Å². The van der Waals surface area contributed by atoms with Gasteiger partial charge in [-0.2, -0.15) is 0 Å². The van der Waals surface area contributed by atoms with Gasteiger partial charge in [-0.1, -0.05) is 29.7 Å². The van der Waals surface area contributed by atoms with Crippen molar-refractivity contribution in [1.82, 2.24) is 20.2 Å². The molecule has 0 aromatic carbocycles. The molecular weight excluding hydrogens is 226 g/mol. The molecule has 1 heterocycles. The average molecular weight is 239 g/mol. The first kappa shape index (κ1) is 11.2. The molecule has 1 aliphatic carbocycles. The van der Waals surface area contributed by atoms with Crippen LogP contribution >= 0.6 is 11.8 Å². The van der Waals surface area contributed by atoms with Crippen LogP contribution in [0.3, 0.4) is 0 Å². The third kappa shape index (κ3) is 2.65. The third-order valence-electron chi connectivity index (χ3n) is 2.62. The maximum absolute atomic E-state index is 8.15. The average Bonchev–Trinajstić information content (AvgIpc) is 2.94. The zero-order valence-corrected chi connectivity index (χ0v) is 9.68. The van der Waals surface area contributed by atoms with Crippen molar-refractivity contribution in [2.75, 3.05) is 12.3 Å². The van der Waals surface area contributed by atoms with Crippen LogP contribution in [0.15, 0.2) is 10.3 Å². The van der Waals surface area contributed by atoms with Gasteiger partial charge in [-0.05, 0) is 28.8 Å². The molecule has 0 saturated heterocycles. The number of nitrogens with zero attached hydrogens (tertiary/aromatic N) is 7. The van der Waals surface area contributed by atoms with Gasteiger partial charge in [0.1, 0.15) is 0 Å².